The summed E-state index contributed by atoms with van der Waals surface area (Å²) in [4.78, 5) is 0. The highest BCUT2D eigenvalue weighted by Gasteiger charge is 2.26. The lowest BCUT2D eigenvalue weighted by Crippen LogP contribution is -2.10. The van der Waals surface area contributed by atoms with Crippen molar-refractivity contribution in [3.63, 3.8) is 0 Å². The molecule has 0 aliphatic rings. The Bertz CT molecular complexity index is 403. The predicted molar refractivity (Wildman–Crippen MR) is 64.4 cm³/mol. The number of methoxy groups -OCH3 is 1. The second-order valence-corrected chi connectivity index (χ2v) is 4.15. The van der Waals surface area contributed by atoms with E-state index in [2.05, 4.69) is 0 Å². The number of hydrogen-bond donors (Lipinski definition) is 1. The summed E-state index contributed by atoms with van der Waals surface area (Å²) < 4.78 is 46.2. The van der Waals surface area contributed by atoms with Crippen molar-refractivity contribution in [2.24, 2.45) is 0 Å². The van der Waals surface area contributed by atoms with Crippen LogP contribution in [0.25, 0.3) is 0 Å². The first-order chi connectivity index (χ1) is 8.83. The Morgan fingerprint density at radius 2 is 1.95 bits per heavy atom. The molecule has 0 aromatic heterocycles. The van der Waals surface area contributed by atoms with E-state index in [0.29, 0.717) is 17.1 Å². The van der Waals surface area contributed by atoms with E-state index < -0.39 is 18.7 Å². The Hall–Kier alpha value is -1.43. The van der Waals surface area contributed by atoms with Crippen molar-refractivity contribution in [3.8, 4) is 11.5 Å². The molecule has 1 aromatic rings. The average molecular weight is 278 g/mol. The minimum Gasteiger partial charge on any atom is -0.493 e. The van der Waals surface area contributed by atoms with Crippen LogP contribution in [0.5, 0.6) is 11.5 Å². The van der Waals surface area contributed by atoms with Gasteiger partial charge in [0, 0.05) is 6.42 Å². The van der Waals surface area contributed by atoms with Gasteiger partial charge in [0.1, 0.15) is 0 Å². The average Bonchev–Trinajstić information content (AvgIpc) is 2.33. The molecule has 1 rings (SSSR count). The number of alkyl halides is 3. The van der Waals surface area contributed by atoms with E-state index in [1.807, 2.05) is 0 Å². The zero-order chi connectivity index (χ0) is 14.5. The van der Waals surface area contributed by atoms with Crippen LogP contribution >= 0.6 is 0 Å². The fourth-order valence-corrected chi connectivity index (χ4v) is 1.52. The molecule has 0 bridgehead atoms. The lowest BCUT2D eigenvalue weighted by molar-refractivity contribution is -0.136. The number of ether oxygens (including phenoxy) is 2. The number of aliphatic hydroxyl groups excluding tert-OH is 1. The summed E-state index contributed by atoms with van der Waals surface area (Å²) in [7, 11) is 1.43. The molecule has 0 saturated heterocycles. The molecule has 0 spiro atoms. The molecule has 0 heterocycles. The summed E-state index contributed by atoms with van der Waals surface area (Å²) in [6.45, 7) is 1.57. The minimum atomic E-state index is -4.16. The monoisotopic (exact) mass is 278 g/mol. The smallest absolute Gasteiger partial charge is 0.389 e. The number of halogens is 3. The molecule has 108 valence electrons. The van der Waals surface area contributed by atoms with Crippen molar-refractivity contribution in [1.29, 1.82) is 0 Å². The Labute approximate surface area is 110 Å². The Morgan fingerprint density at radius 1 is 1.26 bits per heavy atom. The van der Waals surface area contributed by atoms with Gasteiger partial charge in [-0.1, -0.05) is 6.07 Å². The lowest BCUT2D eigenvalue weighted by atomic mass is 10.1. The minimum absolute atomic E-state index is 0.0378. The molecule has 0 saturated carbocycles. The number of benzene rings is 1. The van der Waals surface area contributed by atoms with Crippen molar-refractivity contribution in [1.82, 2.24) is 0 Å². The first-order valence-electron chi connectivity index (χ1n) is 5.89. The summed E-state index contributed by atoms with van der Waals surface area (Å²) in [6, 6.07) is 4.82. The third kappa shape index (κ3) is 5.38. The quantitative estimate of drug-likeness (QED) is 0.810. The van der Waals surface area contributed by atoms with Crippen LogP contribution in [0, 0.1) is 0 Å². The van der Waals surface area contributed by atoms with Crippen LogP contribution in [0.15, 0.2) is 18.2 Å². The van der Waals surface area contributed by atoms with Gasteiger partial charge in [-0.3, -0.25) is 0 Å². The number of aliphatic hydroxyl groups is 1. The normalized spacial score (nSPS) is 13.2. The van der Waals surface area contributed by atoms with Gasteiger partial charge < -0.3 is 14.6 Å². The maximum Gasteiger partial charge on any atom is 0.389 e. The van der Waals surface area contributed by atoms with Gasteiger partial charge in [0.05, 0.1) is 19.8 Å². The highest BCUT2D eigenvalue weighted by Crippen LogP contribution is 2.30. The van der Waals surface area contributed by atoms with Crippen LogP contribution in [0.4, 0.5) is 13.2 Å². The molecule has 6 heteroatoms. The number of rotatable bonds is 6. The third-order valence-electron chi connectivity index (χ3n) is 2.53. The van der Waals surface area contributed by atoms with Crippen LogP contribution in [-0.4, -0.2) is 25.0 Å². The van der Waals surface area contributed by atoms with Gasteiger partial charge in [0.25, 0.3) is 0 Å². The zero-order valence-corrected chi connectivity index (χ0v) is 10.8. The van der Waals surface area contributed by atoms with E-state index in [1.54, 1.807) is 25.1 Å². The van der Waals surface area contributed by atoms with E-state index in [1.165, 1.54) is 7.11 Å². The molecule has 0 unspecified atom stereocenters. The van der Waals surface area contributed by atoms with E-state index in [9.17, 15) is 18.3 Å². The van der Waals surface area contributed by atoms with Crippen LogP contribution in [0.2, 0.25) is 0 Å². The van der Waals surface area contributed by atoms with Gasteiger partial charge in [-0.05, 0) is 31.0 Å². The van der Waals surface area contributed by atoms with E-state index >= 15 is 0 Å². The molecule has 1 atom stereocenters. The highest BCUT2D eigenvalue weighted by atomic mass is 19.4. The first-order valence-corrected chi connectivity index (χ1v) is 5.89. The van der Waals surface area contributed by atoms with Crippen molar-refractivity contribution >= 4 is 0 Å². The molecule has 0 fully saturated rings. The van der Waals surface area contributed by atoms with Crippen molar-refractivity contribution < 1.29 is 27.8 Å². The fraction of sp³-hybridized carbons (Fsp3) is 0.538. The van der Waals surface area contributed by atoms with Crippen LogP contribution in [0.3, 0.4) is 0 Å². The largest absolute Gasteiger partial charge is 0.493 e. The molecule has 0 aliphatic heterocycles. The Kier molecular flexibility index (Phi) is 5.47. The van der Waals surface area contributed by atoms with Gasteiger partial charge in [-0.15, -0.1) is 0 Å². The fourth-order valence-electron chi connectivity index (χ4n) is 1.52. The Balaban J connectivity index is 2.58. The second-order valence-electron chi connectivity index (χ2n) is 4.15. The second kappa shape index (κ2) is 6.65. The van der Waals surface area contributed by atoms with Crippen molar-refractivity contribution in [2.45, 2.75) is 32.0 Å². The number of hydrogen-bond acceptors (Lipinski definition) is 3. The third-order valence-corrected chi connectivity index (χ3v) is 2.53. The lowest BCUT2D eigenvalue weighted by Gasteiger charge is -2.13. The van der Waals surface area contributed by atoms with E-state index in [0.717, 1.165) is 0 Å². The van der Waals surface area contributed by atoms with Crippen LogP contribution in [-0.2, 0) is 0 Å². The summed E-state index contributed by atoms with van der Waals surface area (Å²) in [5.41, 5.74) is 0.652. The summed E-state index contributed by atoms with van der Waals surface area (Å²) in [5, 5.41) is 9.42. The maximum absolute atomic E-state index is 12.0. The standard InChI is InChI=1S/C13H17F3O3/c1-9(17)10-4-5-11(12(8-10)18-2)19-7-3-6-13(14,15)16/h4-5,8-9,17H,3,6-7H2,1-2H3/t9-/m0/s1. The van der Waals surface area contributed by atoms with E-state index in [4.69, 9.17) is 9.47 Å². The molecule has 0 radical (unpaired) electrons. The topological polar surface area (TPSA) is 38.7 Å². The van der Waals surface area contributed by atoms with Crippen LogP contribution in [0.1, 0.15) is 31.4 Å². The van der Waals surface area contributed by atoms with Gasteiger partial charge >= 0.3 is 6.18 Å². The molecule has 3 nitrogen and oxygen atoms in total. The van der Waals surface area contributed by atoms with Gasteiger partial charge in [-0.2, -0.15) is 13.2 Å². The molecular formula is C13H17F3O3. The predicted octanol–water partition coefficient (Wildman–Crippen LogP) is 3.47. The molecule has 1 N–H and O–H groups in total. The summed E-state index contributed by atoms with van der Waals surface area (Å²) in [5.74, 6) is 0.763. The molecule has 19 heavy (non-hydrogen) atoms. The summed E-state index contributed by atoms with van der Waals surface area (Å²) >= 11 is 0. The van der Waals surface area contributed by atoms with Crippen molar-refractivity contribution in [2.75, 3.05) is 13.7 Å². The molecular weight excluding hydrogens is 261 g/mol. The maximum atomic E-state index is 12.0. The van der Waals surface area contributed by atoms with Gasteiger partial charge in [0.15, 0.2) is 11.5 Å². The van der Waals surface area contributed by atoms with Crippen LogP contribution < -0.4 is 9.47 Å². The first kappa shape index (κ1) is 15.6. The van der Waals surface area contributed by atoms with Crippen molar-refractivity contribution in [3.05, 3.63) is 23.8 Å². The highest BCUT2D eigenvalue weighted by molar-refractivity contribution is 5.43. The van der Waals surface area contributed by atoms with Gasteiger partial charge in [0.2, 0.25) is 0 Å². The zero-order valence-electron chi connectivity index (χ0n) is 10.8. The van der Waals surface area contributed by atoms with E-state index in [-0.39, 0.29) is 13.0 Å². The molecule has 1 aromatic carbocycles. The summed E-state index contributed by atoms with van der Waals surface area (Å²) in [6.07, 6.45) is -5.79. The SMILES string of the molecule is COc1cc([C@H](C)O)ccc1OCCCC(F)(F)F. The molecule has 0 amide bonds. The molecule has 0 aliphatic carbocycles. The van der Waals surface area contributed by atoms with Gasteiger partial charge in [-0.25, -0.2) is 0 Å². The Morgan fingerprint density at radius 3 is 2.47 bits per heavy atom.